The predicted molar refractivity (Wildman–Crippen MR) is 100 cm³/mol. The largest absolute Gasteiger partial charge is 0.494 e. The fourth-order valence-corrected chi connectivity index (χ4v) is 6.32. The molecule has 142 valence electrons. The first-order chi connectivity index (χ1) is 12.6. The Hall–Kier alpha value is -1.55. The molecule has 0 aliphatic heterocycles. The van der Waals surface area contributed by atoms with Crippen molar-refractivity contribution in [3.8, 4) is 5.75 Å². The van der Waals surface area contributed by atoms with Crippen molar-refractivity contribution in [2.24, 2.45) is 23.2 Å². The third-order valence-corrected chi connectivity index (χ3v) is 6.95. The van der Waals surface area contributed by atoms with Crippen LogP contribution in [0.1, 0.15) is 63.4 Å². The molecule has 4 saturated carbocycles. The van der Waals surface area contributed by atoms with Crippen molar-refractivity contribution >= 4 is 5.91 Å². The topological polar surface area (TPSA) is 58.6 Å². The van der Waals surface area contributed by atoms with Crippen molar-refractivity contribution in [2.75, 3.05) is 6.61 Å². The van der Waals surface area contributed by atoms with E-state index in [-0.39, 0.29) is 6.42 Å². The number of amides is 1. The molecule has 1 amide bonds. The Labute approximate surface area is 156 Å². The molecule has 2 N–H and O–H groups in total. The number of hydroxylamine groups is 1. The van der Waals surface area contributed by atoms with E-state index in [1.165, 1.54) is 51.4 Å². The Morgan fingerprint density at radius 3 is 2.23 bits per heavy atom. The van der Waals surface area contributed by atoms with Crippen molar-refractivity contribution in [1.82, 2.24) is 5.48 Å². The lowest BCUT2D eigenvalue weighted by atomic mass is 9.48. The third-order valence-electron chi connectivity index (χ3n) is 6.95. The lowest BCUT2D eigenvalue weighted by Crippen LogP contribution is -2.45. The van der Waals surface area contributed by atoms with Crippen molar-refractivity contribution in [1.29, 1.82) is 0 Å². The summed E-state index contributed by atoms with van der Waals surface area (Å²) in [6.45, 7) is 0.767. The smallest absolute Gasteiger partial charge is 0.247 e. The van der Waals surface area contributed by atoms with E-state index in [1.807, 2.05) is 24.3 Å². The zero-order chi connectivity index (χ0) is 18.0. The molecule has 4 aliphatic carbocycles. The van der Waals surface area contributed by atoms with Gasteiger partial charge in [-0.1, -0.05) is 12.1 Å². The minimum absolute atomic E-state index is 0.182. The van der Waals surface area contributed by atoms with Gasteiger partial charge in [0, 0.05) is 0 Å². The quantitative estimate of drug-likeness (QED) is 0.409. The molecule has 4 nitrogen and oxygen atoms in total. The maximum Gasteiger partial charge on any atom is 0.247 e. The van der Waals surface area contributed by atoms with Crippen LogP contribution in [-0.4, -0.2) is 17.7 Å². The van der Waals surface area contributed by atoms with Gasteiger partial charge < -0.3 is 4.74 Å². The first-order valence-electron chi connectivity index (χ1n) is 10.3. The Kier molecular flexibility index (Phi) is 5.21. The molecule has 1 aromatic carbocycles. The molecule has 4 heteroatoms. The molecule has 4 fully saturated rings. The van der Waals surface area contributed by atoms with Crippen LogP contribution in [0, 0.1) is 23.2 Å². The van der Waals surface area contributed by atoms with Gasteiger partial charge in [-0.25, -0.2) is 5.48 Å². The van der Waals surface area contributed by atoms with E-state index in [4.69, 9.17) is 9.94 Å². The molecule has 0 atom stereocenters. The van der Waals surface area contributed by atoms with Crippen LogP contribution < -0.4 is 10.2 Å². The van der Waals surface area contributed by atoms with Gasteiger partial charge in [-0.2, -0.15) is 0 Å². The molecule has 0 aromatic heterocycles. The molecule has 4 aliphatic rings. The number of carbonyl (C=O) groups excluding carboxylic acids is 1. The van der Waals surface area contributed by atoms with Crippen LogP contribution >= 0.6 is 0 Å². The highest BCUT2D eigenvalue weighted by molar-refractivity contribution is 5.77. The summed E-state index contributed by atoms with van der Waals surface area (Å²) in [5.74, 6) is 3.59. The minimum atomic E-state index is -0.400. The Balaban J connectivity index is 1.17. The van der Waals surface area contributed by atoms with Crippen LogP contribution in [0.4, 0.5) is 0 Å². The molecule has 0 radical (unpaired) electrons. The van der Waals surface area contributed by atoms with Gasteiger partial charge >= 0.3 is 0 Å². The Bertz CT molecular complexity index is 589. The second-order valence-electron chi connectivity index (χ2n) is 9.08. The van der Waals surface area contributed by atoms with Gasteiger partial charge in [0.25, 0.3) is 0 Å². The summed E-state index contributed by atoms with van der Waals surface area (Å²) in [6.07, 6.45) is 13.1. The average molecular weight is 357 g/mol. The molecule has 1 aromatic rings. The normalized spacial score (nSPS) is 31.8. The molecule has 0 saturated heterocycles. The van der Waals surface area contributed by atoms with Gasteiger partial charge in [0.1, 0.15) is 5.75 Å². The summed E-state index contributed by atoms with van der Waals surface area (Å²) in [5.41, 5.74) is 3.20. The van der Waals surface area contributed by atoms with Crippen molar-refractivity contribution < 1.29 is 14.7 Å². The average Bonchev–Trinajstić information content (AvgIpc) is 2.61. The van der Waals surface area contributed by atoms with Crippen LogP contribution in [-0.2, 0) is 11.2 Å². The molecule has 0 heterocycles. The summed E-state index contributed by atoms with van der Waals surface area (Å²) < 4.78 is 5.86. The van der Waals surface area contributed by atoms with Gasteiger partial charge in [-0.15, -0.1) is 0 Å². The van der Waals surface area contributed by atoms with Crippen molar-refractivity contribution in [3.63, 3.8) is 0 Å². The van der Waals surface area contributed by atoms with E-state index in [0.717, 1.165) is 42.1 Å². The molecule has 0 spiro atoms. The Morgan fingerprint density at radius 1 is 1.04 bits per heavy atom. The van der Waals surface area contributed by atoms with E-state index in [1.54, 1.807) is 5.48 Å². The summed E-state index contributed by atoms with van der Waals surface area (Å²) in [6, 6.07) is 7.55. The van der Waals surface area contributed by atoms with Crippen LogP contribution in [0.3, 0.4) is 0 Å². The summed E-state index contributed by atoms with van der Waals surface area (Å²) in [7, 11) is 0. The summed E-state index contributed by atoms with van der Waals surface area (Å²) >= 11 is 0. The fourth-order valence-electron chi connectivity index (χ4n) is 6.32. The van der Waals surface area contributed by atoms with E-state index in [0.29, 0.717) is 5.41 Å². The van der Waals surface area contributed by atoms with E-state index < -0.39 is 5.91 Å². The van der Waals surface area contributed by atoms with Crippen LogP contribution in [0.2, 0.25) is 0 Å². The van der Waals surface area contributed by atoms with Crippen molar-refractivity contribution in [2.45, 2.75) is 64.2 Å². The van der Waals surface area contributed by atoms with E-state index >= 15 is 0 Å². The molecule has 4 bridgehead atoms. The highest BCUT2D eigenvalue weighted by Crippen LogP contribution is 2.61. The maximum absolute atomic E-state index is 11.1. The third kappa shape index (κ3) is 4.06. The monoisotopic (exact) mass is 357 g/mol. The number of carbonyl (C=O) groups is 1. The summed E-state index contributed by atoms with van der Waals surface area (Å²) in [4.78, 5) is 11.1. The van der Waals surface area contributed by atoms with Gasteiger partial charge in [-0.3, -0.25) is 10.0 Å². The minimum Gasteiger partial charge on any atom is -0.494 e. The van der Waals surface area contributed by atoms with Crippen LogP contribution in [0.5, 0.6) is 5.75 Å². The molecular formula is C22H31NO3. The summed E-state index contributed by atoms with van der Waals surface area (Å²) in [5, 5.41) is 8.56. The molecule has 26 heavy (non-hydrogen) atoms. The standard InChI is InChI=1S/C22H31NO3/c24-21(23-25)12-16-3-5-20(6-4-16)26-8-2-1-7-22-13-17-9-18(14-22)11-19(10-17)15-22/h3-6,17-19,25H,1-2,7-15H2,(H,23,24). The van der Waals surface area contributed by atoms with E-state index in [2.05, 4.69) is 0 Å². The SMILES string of the molecule is O=C(Cc1ccc(OCCCCC23CC4CC(CC(C4)C2)C3)cc1)NO. The highest BCUT2D eigenvalue weighted by atomic mass is 16.5. The number of rotatable bonds is 8. The van der Waals surface area contributed by atoms with E-state index in [9.17, 15) is 4.79 Å². The fraction of sp³-hybridized carbons (Fsp3) is 0.682. The number of unbranched alkanes of at least 4 members (excludes halogenated alkanes) is 1. The Morgan fingerprint density at radius 2 is 1.65 bits per heavy atom. The lowest BCUT2D eigenvalue weighted by Gasteiger charge is -2.57. The zero-order valence-electron chi connectivity index (χ0n) is 15.6. The molecule has 0 unspecified atom stereocenters. The number of hydrogen-bond acceptors (Lipinski definition) is 3. The lowest BCUT2D eigenvalue weighted by molar-refractivity contribution is -0.128. The number of ether oxygens (including phenoxy) is 1. The van der Waals surface area contributed by atoms with Crippen LogP contribution in [0.25, 0.3) is 0 Å². The molecular weight excluding hydrogens is 326 g/mol. The number of nitrogens with one attached hydrogen (secondary N) is 1. The highest BCUT2D eigenvalue weighted by Gasteiger charge is 2.50. The second-order valence-corrected chi connectivity index (χ2v) is 9.08. The van der Waals surface area contributed by atoms with Gasteiger partial charge in [0.2, 0.25) is 5.91 Å². The predicted octanol–water partition coefficient (Wildman–Crippen LogP) is 4.50. The number of benzene rings is 1. The van der Waals surface area contributed by atoms with Gasteiger partial charge in [-0.05, 0) is 98.7 Å². The number of hydrogen-bond donors (Lipinski definition) is 2. The van der Waals surface area contributed by atoms with Gasteiger partial charge in [0.15, 0.2) is 0 Å². The van der Waals surface area contributed by atoms with Gasteiger partial charge in [0.05, 0.1) is 13.0 Å². The van der Waals surface area contributed by atoms with Crippen molar-refractivity contribution in [3.05, 3.63) is 29.8 Å². The second kappa shape index (κ2) is 7.59. The first-order valence-corrected chi connectivity index (χ1v) is 10.3. The molecule has 5 rings (SSSR count). The first kappa shape index (κ1) is 17.8. The maximum atomic E-state index is 11.1. The van der Waals surface area contributed by atoms with Crippen LogP contribution in [0.15, 0.2) is 24.3 Å². The zero-order valence-corrected chi connectivity index (χ0v) is 15.6.